The van der Waals surface area contributed by atoms with Crippen LogP contribution in [0.5, 0.6) is 5.88 Å². The third-order valence-corrected chi connectivity index (χ3v) is 7.87. The van der Waals surface area contributed by atoms with Gasteiger partial charge >= 0.3 is 5.97 Å². The van der Waals surface area contributed by atoms with E-state index in [0.29, 0.717) is 29.0 Å². The summed E-state index contributed by atoms with van der Waals surface area (Å²) in [5.41, 5.74) is 3.25. The fourth-order valence-electron chi connectivity index (χ4n) is 5.08. The van der Waals surface area contributed by atoms with Crippen molar-refractivity contribution in [2.45, 2.75) is 57.4 Å². The van der Waals surface area contributed by atoms with Crippen molar-refractivity contribution < 1.29 is 19.4 Å². The number of carbonyl (C=O) groups excluding carboxylic acids is 1. The minimum Gasteiger partial charge on any atom is -0.481 e. The molecule has 2 heterocycles. The zero-order valence-corrected chi connectivity index (χ0v) is 21.1. The first-order valence-electron chi connectivity index (χ1n) is 12.5. The van der Waals surface area contributed by atoms with Crippen LogP contribution < -0.4 is 9.64 Å². The minimum absolute atomic E-state index is 0.0954. The van der Waals surface area contributed by atoms with Gasteiger partial charge in [-0.05, 0) is 25.2 Å². The molecule has 2 aliphatic rings. The molecule has 2 aliphatic carbocycles. The lowest BCUT2D eigenvalue weighted by atomic mass is 9.90. The van der Waals surface area contributed by atoms with Crippen LogP contribution in [-0.4, -0.2) is 45.1 Å². The molecule has 8 nitrogen and oxygen atoms in total. The highest BCUT2D eigenvalue weighted by atomic mass is 32.1. The van der Waals surface area contributed by atoms with Crippen molar-refractivity contribution in [3.8, 4) is 28.4 Å². The summed E-state index contributed by atoms with van der Waals surface area (Å²) < 4.78 is 5.13. The number of hydrogen-bond donors (Lipinski definition) is 1. The van der Waals surface area contributed by atoms with Crippen LogP contribution in [0.1, 0.15) is 51.4 Å². The number of methoxy groups -OCH3 is 1. The van der Waals surface area contributed by atoms with Crippen molar-refractivity contribution in [1.29, 1.82) is 0 Å². The summed E-state index contributed by atoms with van der Waals surface area (Å²) in [5.74, 6) is -0.651. The van der Waals surface area contributed by atoms with Crippen LogP contribution in [0, 0.1) is 11.8 Å². The maximum absolute atomic E-state index is 13.7. The Labute approximate surface area is 214 Å². The van der Waals surface area contributed by atoms with Gasteiger partial charge in [-0.25, -0.2) is 15.0 Å². The quantitative estimate of drug-likeness (QED) is 0.390. The van der Waals surface area contributed by atoms with Crippen LogP contribution in [0.25, 0.3) is 22.5 Å². The second-order valence-electron chi connectivity index (χ2n) is 9.63. The highest BCUT2D eigenvalue weighted by molar-refractivity contribution is 7.14. The summed E-state index contributed by atoms with van der Waals surface area (Å²) in [4.78, 5) is 40.8. The Morgan fingerprint density at radius 1 is 1.08 bits per heavy atom. The Morgan fingerprint density at radius 2 is 1.81 bits per heavy atom. The zero-order chi connectivity index (χ0) is 25.1. The molecule has 0 bridgehead atoms. The Bertz CT molecular complexity index is 1220. The maximum atomic E-state index is 13.7. The van der Waals surface area contributed by atoms with Crippen LogP contribution >= 0.6 is 11.3 Å². The molecule has 0 spiro atoms. The molecular formula is C27H30N4O4S. The number of amides is 1. The van der Waals surface area contributed by atoms with Crippen molar-refractivity contribution in [1.82, 2.24) is 15.0 Å². The Kier molecular flexibility index (Phi) is 7.27. The molecule has 1 atom stereocenters. The monoisotopic (exact) mass is 506 g/mol. The molecule has 0 unspecified atom stereocenters. The Morgan fingerprint density at radius 3 is 2.42 bits per heavy atom. The number of carbonyl (C=O) groups is 2. The Balaban J connectivity index is 1.43. The lowest BCUT2D eigenvalue weighted by molar-refractivity contribution is -0.141. The molecule has 9 heteroatoms. The van der Waals surface area contributed by atoms with Crippen LogP contribution in [0.15, 0.2) is 42.0 Å². The fraction of sp³-hybridized carbons (Fsp3) is 0.444. The first-order valence-corrected chi connectivity index (χ1v) is 13.4. The van der Waals surface area contributed by atoms with E-state index in [1.54, 1.807) is 24.4 Å². The van der Waals surface area contributed by atoms with E-state index in [0.717, 1.165) is 42.5 Å². The van der Waals surface area contributed by atoms with Gasteiger partial charge in [0.05, 0.1) is 37.3 Å². The summed E-state index contributed by atoms with van der Waals surface area (Å²) in [5, 5.41) is 12.1. The molecule has 2 fully saturated rings. The summed E-state index contributed by atoms with van der Waals surface area (Å²) in [6.07, 6.45) is 10.1. The van der Waals surface area contributed by atoms with Gasteiger partial charge in [0.25, 0.3) is 0 Å². The number of rotatable bonds is 10. The summed E-state index contributed by atoms with van der Waals surface area (Å²) >= 11 is 1.43. The molecule has 188 valence electrons. The van der Waals surface area contributed by atoms with E-state index in [1.807, 2.05) is 29.6 Å². The van der Waals surface area contributed by atoms with Crippen LogP contribution in [0.3, 0.4) is 0 Å². The van der Waals surface area contributed by atoms with Gasteiger partial charge in [-0.15, -0.1) is 11.3 Å². The number of carboxylic acids is 1. The van der Waals surface area contributed by atoms with Gasteiger partial charge in [-0.3, -0.25) is 14.5 Å². The topological polar surface area (TPSA) is 106 Å². The van der Waals surface area contributed by atoms with E-state index >= 15 is 0 Å². The van der Waals surface area contributed by atoms with E-state index in [1.165, 1.54) is 24.2 Å². The maximum Gasteiger partial charge on any atom is 0.304 e. The fourth-order valence-corrected chi connectivity index (χ4v) is 5.98. The first-order chi connectivity index (χ1) is 17.5. The largest absolute Gasteiger partial charge is 0.481 e. The highest BCUT2D eigenvalue weighted by Crippen LogP contribution is 2.40. The lowest BCUT2D eigenvalue weighted by Gasteiger charge is -2.26. The SMILES string of the molecule is COc1cnc(-c2ccccc2-c2csc(N(C(=O)[C@@H](CC(=O)O)CC3CCCC3)C3CC3)n2)cn1. The number of benzene rings is 1. The molecule has 1 aromatic carbocycles. The average molecular weight is 507 g/mol. The molecular weight excluding hydrogens is 476 g/mol. The van der Waals surface area contributed by atoms with Gasteiger partial charge in [-0.2, -0.15) is 0 Å². The third kappa shape index (κ3) is 5.41. The van der Waals surface area contributed by atoms with Gasteiger partial charge in [0, 0.05) is 28.5 Å². The zero-order valence-electron chi connectivity index (χ0n) is 20.3. The molecule has 3 aromatic rings. The van der Waals surface area contributed by atoms with Gasteiger partial charge in [0.1, 0.15) is 0 Å². The van der Waals surface area contributed by atoms with Crippen LogP contribution in [-0.2, 0) is 9.59 Å². The van der Waals surface area contributed by atoms with Crippen molar-refractivity contribution >= 4 is 28.3 Å². The second kappa shape index (κ2) is 10.7. The molecule has 0 radical (unpaired) electrons. The molecule has 2 saturated carbocycles. The van der Waals surface area contributed by atoms with E-state index in [-0.39, 0.29) is 18.4 Å². The molecule has 2 aromatic heterocycles. The van der Waals surface area contributed by atoms with Gasteiger partial charge in [0.2, 0.25) is 11.8 Å². The number of ether oxygens (including phenoxy) is 1. The smallest absolute Gasteiger partial charge is 0.304 e. The normalized spacial score (nSPS) is 16.6. The molecule has 0 saturated heterocycles. The standard InChI is InChI=1S/C27H30N4O4S/c1-35-24-15-28-22(14-29-24)20-8-4-5-9-21(20)23-16-36-27(30-23)31(19-10-11-19)26(34)18(13-25(32)33)12-17-6-2-3-7-17/h4-5,8-9,14-19H,2-3,6-7,10-13H2,1H3,(H,32,33)/t18-/m1/s1. The molecule has 36 heavy (non-hydrogen) atoms. The van der Waals surface area contributed by atoms with E-state index in [4.69, 9.17) is 9.72 Å². The van der Waals surface area contributed by atoms with Crippen LogP contribution in [0.4, 0.5) is 5.13 Å². The number of anilines is 1. The van der Waals surface area contributed by atoms with E-state index in [2.05, 4.69) is 9.97 Å². The number of aromatic nitrogens is 3. The summed E-state index contributed by atoms with van der Waals surface area (Å²) in [6, 6.07) is 7.94. The number of carboxylic acid groups (broad SMARTS) is 1. The number of hydrogen-bond acceptors (Lipinski definition) is 7. The van der Waals surface area contributed by atoms with E-state index < -0.39 is 11.9 Å². The third-order valence-electron chi connectivity index (χ3n) is 7.03. The van der Waals surface area contributed by atoms with Crippen LogP contribution in [0.2, 0.25) is 0 Å². The molecule has 1 N–H and O–H groups in total. The lowest BCUT2D eigenvalue weighted by Crippen LogP contribution is -2.39. The van der Waals surface area contributed by atoms with E-state index in [9.17, 15) is 14.7 Å². The van der Waals surface area contributed by atoms with Gasteiger partial charge < -0.3 is 9.84 Å². The van der Waals surface area contributed by atoms with Crippen molar-refractivity contribution in [3.63, 3.8) is 0 Å². The predicted octanol–water partition coefficient (Wildman–Crippen LogP) is 5.44. The summed E-state index contributed by atoms with van der Waals surface area (Å²) in [7, 11) is 1.55. The van der Waals surface area contributed by atoms with Crippen molar-refractivity contribution in [3.05, 3.63) is 42.0 Å². The molecule has 1 amide bonds. The predicted molar refractivity (Wildman–Crippen MR) is 138 cm³/mol. The second-order valence-corrected chi connectivity index (χ2v) is 10.5. The first kappa shape index (κ1) is 24.4. The number of thiazole rings is 1. The molecule has 0 aliphatic heterocycles. The number of aliphatic carboxylic acids is 1. The Hall–Kier alpha value is -3.33. The minimum atomic E-state index is -0.920. The molecule has 5 rings (SSSR count). The number of nitrogens with zero attached hydrogens (tertiary/aromatic N) is 4. The summed E-state index contributed by atoms with van der Waals surface area (Å²) in [6.45, 7) is 0. The highest BCUT2D eigenvalue weighted by Gasteiger charge is 2.40. The van der Waals surface area contributed by atoms with Crippen molar-refractivity contribution in [2.24, 2.45) is 11.8 Å². The van der Waals surface area contributed by atoms with Gasteiger partial charge in [0.15, 0.2) is 5.13 Å². The van der Waals surface area contributed by atoms with Crippen molar-refractivity contribution in [2.75, 3.05) is 12.0 Å². The average Bonchev–Trinajstić information content (AvgIpc) is 3.36. The van der Waals surface area contributed by atoms with Gasteiger partial charge in [-0.1, -0.05) is 49.9 Å².